The van der Waals surface area contributed by atoms with Gasteiger partial charge in [0.1, 0.15) is 0 Å². The average molecular weight is 423 g/mol. The Kier molecular flexibility index (Phi) is 7.38. The van der Waals surface area contributed by atoms with Crippen LogP contribution in [0, 0.1) is 6.92 Å². The minimum Gasteiger partial charge on any atom is -0.465 e. The molecule has 0 aliphatic rings. The number of amides is 1. The molecule has 2 aromatic carbocycles. The lowest BCUT2D eigenvalue weighted by atomic mass is 10.0. The molecule has 0 aliphatic carbocycles. The van der Waals surface area contributed by atoms with Crippen LogP contribution in [0.2, 0.25) is 0 Å². The van der Waals surface area contributed by atoms with E-state index in [2.05, 4.69) is 47.9 Å². The van der Waals surface area contributed by atoms with Gasteiger partial charge in [-0.1, -0.05) is 43.3 Å². The number of hydrogen-bond donors (Lipinski definition) is 2. The predicted molar refractivity (Wildman–Crippen MR) is 121 cm³/mol. The molecule has 0 saturated carbocycles. The summed E-state index contributed by atoms with van der Waals surface area (Å²) in [6, 6.07) is 17.6. The summed E-state index contributed by atoms with van der Waals surface area (Å²) in [6.07, 6.45) is 0.990. The van der Waals surface area contributed by atoms with Crippen molar-refractivity contribution in [1.29, 1.82) is 0 Å². The maximum atomic E-state index is 12.6. The van der Waals surface area contributed by atoms with E-state index >= 15 is 0 Å². The molecule has 0 fully saturated rings. The van der Waals surface area contributed by atoms with Crippen molar-refractivity contribution in [2.24, 2.45) is 0 Å². The Balaban J connectivity index is 1.71. The number of anilines is 1. The molecular formula is C24H26N2O3S. The molecule has 6 heteroatoms. The second-order valence-corrected chi connectivity index (χ2v) is 7.97. The Morgan fingerprint density at radius 3 is 2.50 bits per heavy atom. The summed E-state index contributed by atoms with van der Waals surface area (Å²) in [5, 5.41) is 8.30. The molecule has 3 rings (SSSR count). The number of aryl methyl sites for hydroxylation is 2. The van der Waals surface area contributed by atoms with Crippen molar-refractivity contribution in [3.63, 3.8) is 0 Å². The number of ether oxygens (including phenoxy) is 1. The van der Waals surface area contributed by atoms with Crippen LogP contribution in [0.25, 0.3) is 0 Å². The third-order valence-corrected chi connectivity index (χ3v) is 5.89. The van der Waals surface area contributed by atoms with Gasteiger partial charge in [0.05, 0.1) is 25.3 Å². The molecular weight excluding hydrogens is 396 g/mol. The van der Waals surface area contributed by atoms with Gasteiger partial charge in [-0.15, -0.1) is 11.3 Å². The largest absolute Gasteiger partial charge is 0.465 e. The Hall–Kier alpha value is -2.96. The minimum atomic E-state index is -0.433. The zero-order valence-electron chi connectivity index (χ0n) is 17.4. The highest BCUT2D eigenvalue weighted by molar-refractivity contribution is 7.10. The van der Waals surface area contributed by atoms with Crippen LogP contribution in [0.3, 0.4) is 0 Å². The second kappa shape index (κ2) is 10.2. The Morgan fingerprint density at radius 1 is 1.10 bits per heavy atom. The number of esters is 1. The summed E-state index contributed by atoms with van der Waals surface area (Å²) >= 11 is 1.66. The summed E-state index contributed by atoms with van der Waals surface area (Å²) in [5.41, 5.74) is 4.28. The van der Waals surface area contributed by atoms with Crippen molar-refractivity contribution in [2.75, 3.05) is 19.0 Å². The lowest BCUT2D eigenvalue weighted by molar-refractivity contribution is -0.115. The second-order valence-electron chi connectivity index (χ2n) is 6.99. The molecule has 0 saturated heterocycles. The van der Waals surface area contributed by atoms with E-state index in [0.29, 0.717) is 11.3 Å². The molecule has 1 amide bonds. The van der Waals surface area contributed by atoms with E-state index in [0.717, 1.165) is 22.4 Å². The van der Waals surface area contributed by atoms with E-state index < -0.39 is 5.97 Å². The number of nitrogens with one attached hydrogen (secondary N) is 2. The monoisotopic (exact) mass is 422 g/mol. The quantitative estimate of drug-likeness (QED) is 0.515. The topological polar surface area (TPSA) is 67.4 Å². The number of benzene rings is 2. The molecule has 0 unspecified atom stereocenters. The smallest absolute Gasteiger partial charge is 0.337 e. The van der Waals surface area contributed by atoms with Crippen LogP contribution < -0.4 is 10.6 Å². The van der Waals surface area contributed by atoms with Crippen LogP contribution in [0.15, 0.2) is 60.0 Å². The van der Waals surface area contributed by atoms with Crippen molar-refractivity contribution >= 4 is 28.9 Å². The maximum absolute atomic E-state index is 12.6. The number of thiophene rings is 1. The van der Waals surface area contributed by atoms with E-state index in [9.17, 15) is 9.59 Å². The number of hydrogen-bond acceptors (Lipinski definition) is 5. The van der Waals surface area contributed by atoms with Crippen LogP contribution in [0.1, 0.15) is 44.9 Å². The zero-order valence-corrected chi connectivity index (χ0v) is 18.2. The first-order valence-corrected chi connectivity index (χ1v) is 10.7. The fraction of sp³-hybridized carbons (Fsp3) is 0.250. The molecule has 0 aliphatic heterocycles. The summed E-state index contributed by atoms with van der Waals surface area (Å²) in [7, 11) is 1.34. The molecule has 1 heterocycles. The molecule has 156 valence electrons. The molecule has 1 atom stereocenters. The van der Waals surface area contributed by atoms with E-state index in [4.69, 9.17) is 4.74 Å². The van der Waals surface area contributed by atoms with E-state index in [1.165, 1.54) is 12.7 Å². The highest BCUT2D eigenvalue weighted by Gasteiger charge is 2.17. The van der Waals surface area contributed by atoms with Crippen molar-refractivity contribution in [3.05, 3.63) is 87.1 Å². The predicted octanol–water partition coefficient (Wildman–Crippen LogP) is 4.72. The first kappa shape index (κ1) is 21.7. The molecule has 3 aromatic rings. The Morgan fingerprint density at radius 2 is 1.87 bits per heavy atom. The summed E-state index contributed by atoms with van der Waals surface area (Å²) in [4.78, 5) is 25.5. The number of methoxy groups -OCH3 is 1. The maximum Gasteiger partial charge on any atom is 0.337 e. The van der Waals surface area contributed by atoms with Gasteiger partial charge in [0, 0.05) is 10.6 Å². The van der Waals surface area contributed by atoms with E-state index in [1.54, 1.807) is 29.5 Å². The van der Waals surface area contributed by atoms with Crippen LogP contribution in [-0.4, -0.2) is 25.5 Å². The fourth-order valence-corrected chi connectivity index (χ4v) is 4.00. The van der Waals surface area contributed by atoms with Gasteiger partial charge >= 0.3 is 5.97 Å². The molecule has 0 bridgehead atoms. The van der Waals surface area contributed by atoms with Gasteiger partial charge in [0.15, 0.2) is 0 Å². The first-order chi connectivity index (χ1) is 14.5. The lowest BCUT2D eigenvalue weighted by Gasteiger charge is -2.19. The SMILES string of the molecule is CCc1ccc([C@H](NCC(=O)Nc2cc(C(=O)OC)ccc2C)c2cccs2)cc1. The van der Waals surface area contributed by atoms with Crippen LogP contribution in [-0.2, 0) is 16.0 Å². The van der Waals surface area contributed by atoms with Crippen molar-refractivity contribution in [2.45, 2.75) is 26.3 Å². The molecule has 2 N–H and O–H groups in total. The van der Waals surface area contributed by atoms with Gasteiger partial charge in [0.2, 0.25) is 5.91 Å². The normalized spacial score (nSPS) is 11.7. The number of carbonyl (C=O) groups is 2. The van der Waals surface area contributed by atoms with Crippen molar-refractivity contribution in [1.82, 2.24) is 5.32 Å². The third kappa shape index (κ3) is 5.34. The first-order valence-electron chi connectivity index (χ1n) is 9.86. The van der Waals surface area contributed by atoms with Gasteiger partial charge in [0.25, 0.3) is 0 Å². The van der Waals surface area contributed by atoms with E-state index in [-0.39, 0.29) is 18.5 Å². The number of carbonyl (C=O) groups excluding carboxylic acids is 2. The van der Waals surface area contributed by atoms with E-state index in [1.807, 2.05) is 18.4 Å². The molecule has 1 aromatic heterocycles. The van der Waals surface area contributed by atoms with Crippen LogP contribution in [0.5, 0.6) is 0 Å². The van der Waals surface area contributed by atoms with Gasteiger partial charge in [-0.3, -0.25) is 10.1 Å². The lowest BCUT2D eigenvalue weighted by Crippen LogP contribution is -2.31. The van der Waals surface area contributed by atoms with Crippen LogP contribution >= 0.6 is 11.3 Å². The average Bonchev–Trinajstić information content (AvgIpc) is 3.30. The van der Waals surface area contributed by atoms with Gasteiger partial charge < -0.3 is 10.1 Å². The third-order valence-electron chi connectivity index (χ3n) is 4.95. The van der Waals surface area contributed by atoms with Crippen molar-refractivity contribution in [3.8, 4) is 0 Å². The highest BCUT2D eigenvalue weighted by Crippen LogP contribution is 2.26. The van der Waals surface area contributed by atoms with Crippen molar-refractivity contribution < 1.29 is 14.3 Å². The minimum absolute atomic E-state index is 0.0656. The molecule has 5 nitrogen and oxygen atoms in total. The highest BCUT2D eigenvalue weighted by atomic mass is 32.1. The number of rotatable bonds is 8. The van der Waals surface area contributed by atoms with Gasteiger partial charge in [-0.05, 0) is 53.6 Å². The van der Waals surface area contributed by atoms with Crippen LogP contribution in [0.4, 0.5) is 5.69 Å². The van der Waals surface area contributed by atoms with Gasteiger partial charge in [-0.25, -0.2) is 4.79 Å². The molecule has 0 radical (unpaired) electrons. The Bertz CT molecular complexity index is 998. The molecule has 30 heavy (non-hydrogen) atoms. The summed E-state index contributed by atoms with van der Waals surface area (Å²) in [6.45, 7) is 4.15. The fourth-order valence-electron chi connectivity index (χ4n) is 3.17. The summed E-state index contributed by atoms with van der Waals surface area (Å²) < 4.78 is 4.76. The van der Waals surface area contributed by atoms with Gasteiger partial charge in [-0.2, -0.15) is 0 Å². The molecule has 0 spiro atoms. The standard InChI is InChI=1S/C24H26N2O3S/c1-4-17-8-11-18(12-9-17)23(21-6-5-13-30-21)25-15-22(27)26-20-14-19(24(28)29-3)10-7-16(20)2/h5-14,23,25H,4,15H2,1-3H3,(H,26,27)/t23-/m0/s1. The zero-order chi connectivity index (χ0) is 21.5. The Labute approximate surface area is 181 Å². The summed E-state index contributed by atoms with van der Waals surface area (Å²) in [5.74, 6) is -0.608.